The van der Waals surface area contributed by atoms with E-state index in [4.69, 9.17) is 9.72 Å². The van der Waals surface area contributed by atoms with Crippen molar-refractivity contribution >= 4 is 11.8 Å². The highest BCUT2D eigenvalue weighted by atomic mass is 16.5. The monoisotopic (exact) mass is 326 g/mol. The van der Waals surface area contributed by atoms with Gasteiger partial charge in [-0.05, 0) is 43.7 Å². The van der Waals surface area contributed by atoms with Crippen LogP contribution in [0.5, 0.6) is 0 Å². The molecule has 1 aliphatic heterocycles. The van der Waals surface area contributed by atoms with Crippen LogP contribution in [-0.4, -0.2) is 40.7 Å². The van der Waals surface area contributed by atoms with Crippen LogP contribution in [0.25, 0.3) is 0 Å². The van der Waals surface area contributed by atoms with Gasteiger partial charge in [0, 0.05) is 25.0 Å². The van der Waals surface area contributed by atoms with Crippen molar-refractivity contribution < 1.29 is 9.53 Å². The SMILES string of the molecule is COC(=O)c1cn(Cc2ccc(N3CC4CC4C3)nc2C)c(C)n1. The minimum absolute atomic E-state index is 0.341. The van der Waals surface area contributed by atoms with Crippen molar-refractivity contribution in [2.24, 2.45) is 11.8 Å². The first-order chi connectivity index (χ1) is 11.5. The lowest BCUT2D eigenvalue weighted by Crippen LogP contribution is -2.23. The Morgan fingerprint density at radius 1 is 1.25 bits per heavy atom. The van der Waals surface area contributed by atoms with Crippen LogP contribution >= 0.6 is 0 Å². The van der Waals surface area contributed by atoms with E-state index in [9.17, 15) is 4.79 Å². The zero-order chi connectivity index (χ0) is 16.8. The zero-order valence-electron chi connectivity index (χ0n) is 14.3. The van der Waals surface area contributed by atoms with Crippen molar-refractivity contribution in [3.63, 3.8) is 0 Å². The minimum atomic E-state index is -0.408. The van der Waals surface area contributed by atoms with Crippen molar-refractivity contribution in [2.75, 3.05) is 25.1 Å². The summed E-state index contributed by atoms with van der Waals surface area (Å²) in [6, 6.07) is 4.25. The third-order valence-corrected chi connectivity index (χ3v) is 5.19. The van der Waals surface area contributed by atoms with Crippen LogP contribution < -0.4 is 4.90 Å². The van der Waals surface area contributed by atoms with E-state index >= 15 is 0 Å². The van der Waals surface area contributed by atoms with Gasteiger partial charge >= 0.3 is 5.97 Å². The van der Waals surface area contributed by atoms with E-state index in [1.54, 1.807) is 6.20 Å². The van der Waals surface area contributed by atoms with Crippen LogP contribution in [0.3, 0.4) is 0 Å². The number of rotatable bonds is 4. The number of pyridine rings is 1. The lowest BCUT2D eigenvalue weighted by molar-refractivity contribution is 0.0594. The normalized spacial score (nSPS) is 21.7. The fourth-order valence-corrected chi connectivity index (χ4v) is 3.56. The van der Waals surface area contributed by atoms with Gasteiger partial charge in [0.2, 0.25) is 0 Å². The Morgan fingerprint density at radius 3 is 2.67 bits per heavy atom. The van der Waals surface area contributed by atoms with Crippen LogP contribution in [-0.2, 0) is 11.3 Å². The number of aryl methyl sites for hydroxylation is 2. The number of anilines is 1. The maximum atomic E-state index is 11.6. The topological polar surface area (TPSA) is 60.2 Å². The highest BCUT2D eigenvalue weighted by Gasteiger charge is 2.45. The largest absolute Gasteiger partial charge is 0.464 e. The van der Waals surface area contributed by atoms with Crippen molar-refractivity contribution in [2.45, 2.75) is 26.8 Å². The van der Waals surface area contributed by atoms with E-state index in [2.05, 4.69) is 22.0 Å². The number of carbonyl (C=O) groups excluding carboxylic acids is 1. The number of piperidine rings is 1. The number of fused-ring (bicyclic) bond motifs is 1. The summed E-state index contributed by atoms with van der Waals surface area (Å²) in [6.45, 7) is 6.89. The van der Waals surface area contributed by atoms with Crippen LogP contribution in [0, 0.1) is 25.7 Å². The quantitative estimate of drug-likeness (QED) is 0.806. The average molecular weight is 326 g/mol. The van der Waals surface area contributed by atoms with Crippen molar-refractivity contribution in [1.29, 1.82) is 0 Å². The summed E-state index contributed by atoms with van der Waals surface area (Å²) in [5, 5.41) is 0. The van der Waals surface area contributed by atoms with Gasteiger partial charge in [-0.25, -0.2) is 14.8 Å². The van der Waals surface area contributed by atoms with Crippen molar-refractivity contribution in [3.8, 4) is 0 Å². The molecule has 1 saturated carbocycles. The fraction of sp³-hybridized carbons (Fsp3) is 0.500. The third kappa shape index (κ3) is 2.66. The number of hydrogen-bond acceptors (Lipinski definition) is 5. The van der Waals surface area contributed by atoms with Gasteiger partial charge in [0.25, 0.3) is 0 Å². The van der Waals surface area contributed by atoms with Gasteiger partial charge in [-0.2, -0.15) is 0 Å². The summed E-state index contributed by atoms with van der Waals surface area (Å²) in [7, 11) is 1.37. The summed E-state index contributed by atoms with van der Waals surface area (Å²) in [5.74, 6) is 3.27. The smallest absolute Gasteiger partial charge is 0.358 e. The second kappa shape index (κ2) is 5.61. The Bertz CT molecular complexity index is 788. The Labute approximate surface area is 141 Å². The molecule has 0 bridgehead atoms. The molecule has 2 aliphatic rings. The second-order valence-corrected chi connectivity index (χ2v) is 6.87. The molecule has 2 aromatic heterocycles. The van der Waals surface area contributed by atoms with Gasteiger partial charge in [-0.3, -0.25) is 0 Å². The molecule has 3 heterocycles. The zero-order valence-corrected chi connectivity index (χ0v) is 14.3. The summed E-state index contributed by atoms with van der Waals surface area (Å²) in [4.78, 5) is 23.1. The van der Waals surface area contributed by atoms with Gasteiger partial charge in [0.1, 0.15) is 11.6 Å². The highest BCUT2D eigenvalue weighted by molar-refractivity contribution is 5.86. The molecule has 0 spiro atoms. The number of ether oxygens (including phenoxy) is 1. The lowest BCUT2D eigenvalue weighted by Gasteiger charge is -2.20. The Balaban J connectivity index is 1.52. The molecular weight excluding hydrogens is 304 g/mol. The average Bonchev–Trinajstić information content (AvgIpc) is 3.00. The Kier molecular flexibility index (Phi) is 3.55. The standard InChI is InChI=1S/C18H22N4O2/c1-11-13(7-21-10-16(18(23)24-3)20-12(21)2)4-5-17(19-11)22-8-14-6-15(14)9-22/h4-5,10,14-15H,6-9H2,1-3H3. The van der Waals surface area contributed by atoms with Gasteiger partial charge in [-0.1, -0.05) is 6.07 Å². The van der Waals surface area contributed by atoms with E-state index in [1.807, 2.05) is 18.4 Å². The molecule has 2 unspecified atom stereocenters. The number of esters is 1. The fourth-order valence-electron chi connectivity index (χ4n) is 3.56. The third-order valence-electron chi connectivity index (χ3n) is 5.19. The van der Waals surface area contributed by atoms with Crippen LogP contribution in [0.1, 0.15) is 34.0 Å². The molecule has 1 saturated heterocycles. The molecule has 126 valence electrons. The summed E-state index contributed by atoms with van der Waals surface area (Å²) >= 11 is 0. The molecule has 2 aromatic rings. The Morgan fingerprint density at radius 2 is 2.00 bits per heavy atom. The first kappa shape index (κ1) is 15.2. The summed E-state index contributed by atoms with van der Waals surface area (Å²) in [6.07, 6.45) is 3.14. The molecular formula is C18H22N4O2. The highest BCUT2D eigenvalue weighted by Crippen LogP contribution is 2.45. The molecule has 6 nitrogen and oxygen atoms in total. The van der Waals surface area contributed by atoms with E-state index in [1.165, 1.54) is 13.5 Å². The van der Waals surface area contributed by atoms with Crippen LogP contribution in [0.2, 0.25) is 0 Å². The van der Waals surface area contributed by atoms with Gasteiger partial charge in [-0.15, -0.1) is 0 Å². The van der Waals surface area contributed by atoms with Crippen LogP contribution in [0.4, 0.5) is 5.82 Å². The summed E-state index contributed by atoms with van der Waals surface area (Å²) in [5.41, 5.74) is 2.51. The number of imidazole rings is 1. The number of carbonyl (C=O) groups is 1. The molecule has 0 radical (unpaired) electrons. The molecule has 0 N–H and O–H groups in total. The van der Waals surface area contributed by atoms with Gasteiger partial charge in [0.05, 0.1) is 13.7 Å². The van der Waals surface area contributed by atoms with E-state index in [0.717, 1.165) is 47.8 Å². The van der Waals surface area contributed by atoms with E-state index in [0.29, 0.717) is 12.2 Å². The molecule has 2 atom stereocenters. The molecule has 2 fully saturated rings. The predicted octanol–water partition coefficient (Wildman–Crippen LogP) is 2.19. The Hall–Kier alpha value is -2.37. The molecule has 0 amide bonds. The van der Waals surface area contributed by atoms with E-state index in [-0.39, 0.29) is 0 Å². The van der Waals surface area contributed by atoms with Crippen LogP contribution in [0.15, 0.2) is 18.3 Å². The predicted molar refractivity (Wildman–Crippen MR) is 90.2 cm³/mol. The number of nitrogens with zero attached hydrogens (tertiary/aromatic N) is 4. The summed E-state index contributed by atoms with van der Waals surface area (Å²) < 4.78 is 6.69. The van der Waals surface area contributed by atoms with E-state index < -0.39 is 5.97 Å². The van der Waals surface area contributed by atoms with Gasteiger partial charge < -0.3 is 14.2 Å². The molecule has 0 aromatic carbocycles. The van der Waals surface area contributed by atoms with Crippen molar-refractivity contribution in [1.82, 2.24) is 14.5 Å². The maximum absolute atomic E-state index is 11.6. The molecule has 24 heavy (non-hydrogen) atoms. The number of methoxy groups -OCH3 is 1. The first-order valence-corrected chi connectivity index (χ1v) is 8.38. The maximum Gasteiger partial charge on any atom is 0.358 e. The molecule has 1 aliphatic carbocycles. The minimum Gasteiger partial charge on any atom is -0.464 e. The number of aromatic nitrogens is 3. The lowest BCUT2D eigenvalue weighted by atomic mass is 10.2. The molecule has 4 rings (SSSR count). The van der Waals surface area contributed by atoms with Gasteiger partial charge in [0.15, 0.2) is 5.69 Å². The second-order valence-electron chi connectivity index (χ2n) is 6.87. The number of hydrogen-bond donors (Lipinski definition) is 0. The first-order valence-electron chi connectivity index (χ1n) is 8.38. The molecule has 6 heteroatoms. The van der Waals surface area contributed by atoms with Crippen molar-refractivity contribution in [3.05, 3.63) is 41.1 Å².